The molecule has 1 rings (SSSR count). The summed E-state index contributed by atoms with van der Waals surface area (Å²) in [5.41, 5.74) is 28.5. The van der Waals surface area contributed by atoms with Gasteiger partial charge in [-0.15, -0.1) is 0 Å². The number of carbonyl (C=O) groups is 20. The number of rotatable bonds is 58. The maximum absolute atomic E-state index is 14.7. The third-order valence-corrected chi connectivity index (χ3v) is 19.4. The maximum Gasteiger partial charge on any atom is 0.394 e. The zero-order chi connectivity index (χ0) is 96.0. The largest absolute Gasteiger partial charge is 0.508 e. The van der Waals surface area contributed by atoms with E-state index in [1.165, 1.54) is 74.4 Å². The molecule has 30 N–H and O–H groups in total. The van der Waals surface area contributed by atoms with Gasteiger partial charge in [-0.1, -0.05) is 19.1 Å². The van der Waals surface area contributed by atoms with Gasteiger partial charge in [0, 0.05) is 13.3 Å². The Balaban J connectivity index is 3.04. The number of nitrogens with one attached hydrogen (secondary N) is 19. The molecule has 0 heterocycles. The lowest BCUT2D eigenvalue weighted by Crippen LogP contribution is -2.61. The molecule has 0 radical (unpaired) electrons. The van der Waals surface area contributed by atoms with Crippen LogP contribution in [-0.4, -0.2) is 271 Å². The quantitative estimate of drug-likeness (QED) is 0.0269. The highest BCUT2D eigenvalue weighted by Gasteiger charge is 2.48. The number of hydrogen-bond acceptors (Lipinski definition) is 25. The number of primary amides is 1. The first-order valence-electron chi connectivity index (χ1n) is 41.6. The first-order chi connectivity index (χ1) is 59.0. The summed E-state index contributed by atoms with van der Waals surface area (Å²) in [5.74, 6) is -21.2. The van der Waals surface area contributed by atoms with E-state index in [1.54, 1.807) is 12.1 Å². The Morgan fingerprint density at radius 1 is 0.317 bits per heavy atom. The number of phenols is 1. The minimum absolute atomic E-state index is 0.0152. The molecule has 45 nitrogen and oxygen atoms in total. The van der Waals surface area contributed by atoms with Gasteiger partial charge in [0.15, 0.2) is 0 Å². The van der Waals surface area contributed by atoms with Crippen molar-refractivity contribution in [1.82, 2.24) is 101 Å². The standard InChI is InChI=1S/C78H131F3N24O21/c1-14-52(78(79,80)81)60(77(126)99-44(8)68(117)95-47(11)71(120)103-55(25-17-21-33-84)75(124)97-43(7)67(116)92-39(3)63(112)89-40(4)64(113)93-45(9)69(118)102-53(61(86)110)23-15-19-31-82)105-72(121)48(12)98-76(125)56(26-18-22-34-85)104-70(119)46(10)94-65(114)41(5)90-62(111)38(2)91-66(115)42(6)96-74(123)54(24-16-20-32-83)101-59(109)37-87-58(108)36-88-73(122)57(100-49(13)106)35-50-27-29-51(107)30-28-50/h27-30,38-48,52-57,60,107H,14-26,31-37,82-85H2,1-13H3,(H2,86,110)(H,87,108)(H,88,122)(H,89,112)(H,90,111)(H,91,115)(H,92,116)(H,93,113)(H,94,114)(H,95,117)(H,96,123)(H,97,124)(H,98,125)(H,99,126)(H,100,106)(H,101,109)(H,102,118)(H,103,120)(H,104,119)(H,105,121)/t38-,39-,40-,41-,42-,43-,44-,45-,46-,47-,48-,52-,53-,54-,55-,56-,57-,60-/m0/s1. The van der Waals surface area contributed by atoms with Crippen LogP contribution in [0.25, 0.3) is 0 Å². The van der Waals surface area contributed by atoms with Crippen LogP contribution in [0.2, 0.25) is 0 Å². The van der Waals surface area contributed by atoms with Crippen LogP contribution in [0.1, 0.15) is 179 Å². The summed E-state index contributed by atoms with van der Waals surface area (Å²) in [4.78, 5) is 264. The highest BCUT2D eigenvalue weighted by atomic mass is 19.4. The van der Waals surface area contributed by atoms with Crippen molar-refractivity contribution in [2.24, 2.45) is 34.6 Å². The van der Waals surface area contributed by atoms with Gasteiger partial charge in [0.2, 0.25) is 118 Å². The van der Waals surface area contributed by atoms with Gasteiger partial charge in [0.25, 0.3) is 0 Å². The monoisotopic (exact) mass is 1800 g/mol. The van der Waals surface area contributed by atoms with Crippen molar-refractivity contribution >= 4 is 118 Å². The van der Waals surface area contributed by atoms with Gasteiger partial charge in [-0.2, -0.15) is 13.2 Å². The van der Waals surface area contributed by atoms with E-state index in [0.29, 0.717) is 50.6 Å². The molecule has 48 heteroatoms. The predicted molar refractivity (Wildman–Crippen MR) is 449 cm³/mol. The Bertz CT molecular complexity index is 3870. The van der Waals surface area contributed by atoms with Crippen molar-refractivity contribution in [2.75, 3.05) is 39.3 Å². The van der Waals surface area contributed by atoms with E-state index in [2.05, 4.69) is 95.7 Å². The third kappa shape index (κ3) is 42.6. The van der Waals surface area contributed by atoms with Crippen LogP contribution in [0.4, 0.5) is 13.2 Å². The Kier molecular flexibility index (Phi) is 51.2. The summed E-state index contributed by atoms with van der Waals surface area (Å²) in [6.45, 7) is 15.2. The third-order valence-electron chi connectivity index (χ3n) is 19.4. The lowest BCUT2D eigenvalue weighted by molar-refractivity contribution is -0.186. The SMILES string of the molecule is CC[C@@H]([C@H](NC(=O)[C@H](C)NC(=O)[C@H](CCCCN)NC(=O)[C@H](C)NC(=O)[C@H](C)NC(=O)[C@H](C)NC(=O)[C@H](C)NC(=O)[C@H](CCCCN)NC(=O)CNC(=O)CNC(=O)[C@H](Cc1ccc(O)cc1)NC(C)=O)C(=O)N[C@@H](C)C(=O)N[C@@H](C)C(=O)N[C@@H](CCCCN)C(=O)N[C@@H](C)C(=O)N[C@@H](C)C(=O)N[C@@H](C)C(=O)N[C@@H](C)C(=O)N[C@@H](CCCCN)C(N)=O)C(F)(F)F. The summed E-state index contributed by atoms with van der Waals surface area (Å²) in [7, 11) is 0. The van der Waals surface area contributed by atoms with Gasteiger partial charge in [-0.25, -0.2) is 0 Å². The normalized spacial score (nSPS) is 15.4. The first kappa shape index (κ1) is 112. The molecule has 0 saturated carbocycles. The molecule has 20 amide bonds. The minimum atomic E-state index is -5.18. The fourth-order valence-corrected chi connectivity index (χ4v) is 11.7. The molecule has 0 aliphatic carbocycles. The molecular weight excluding hydrogens is 1670 g/mol. The molecule has 710 valence electrons. The van der Waals surface area contributed by atoms with Crippen LogP contribution < -0.4 is 130 Å². The molecule has 0 aromatic heterocycles. The number of nitrogens with two attached hydrogens (primary N) is 5. The number of carbonyl (C=O) groups excluding carboxylic acids is 20. The number of aromatic hydroxyl groups is 1. The van der Waals surface area contributed by atoms with Crippen molar-refractivity contribution in [2.45, 2.75) is 289 Å². The Morgan fingerprint density at radius 2 is 0.579 bits per heavy atom. The minimum Gasteiger partial charge on any atom is -0.508 e. The van der Waals surface area contributed by atoms with Crippen molar-refractivity contribution in [3.05, 3.63) is 29.8 Å². The van der Waals surface area contributed by atoms with E-state index >= 15 is 0 Å². The lowest BCUT2D eigenvalue weighted by atomic mass is 9.94. The van der Waals surface area contributed by atoms with Gasteiger partial charge in [0.05, 0.1) is 19.0 Å². The second kappa shape index (κ2) is 57.5. The van der Waals surface area contributed by atoms with Crippen LogP contribution in [0.15, 0.2) is 24.3 Å². The number of halogens is 3. The smallest absolute Gasteiger partial charge is 0.394 e. The second-order valence-corrected chi connectivity index (χ2v) is 30.5. The molecule has 1 aromatic carbocycles. The van der Waals surface area contributed by atoms with Gasteiger partial charge in [0.1, 0.15) is 108 Å². The molecule has 0 aliphatic rings. The van der Waals surface area contributed by atoms with Gasteiger partial charge >= 0.3 is 6.18 Å². The van der Waals surface area contributed by atoms with Crippen molar-refractivity contribution < 1.29 is 114 Å². The molecule has 0 aliphatic heterocycles. The molecule has 126 heavy (non-hydrogen) atoms. The fraction of sp³-hybridized carbons (Fsp3) is 0.667. The average Bonchev–Trinajstić information content (AvgIpc) is 0.821. The maximum atomic E-state index is 14.7. The Hall–Kier alpha value is -11.9. The number of phenolic OH excluding ortho intramolecular Hbond substituents is 1. The number of hydrogen-bond donors (Lipinski definition) is 25. The Labute approximate surface area is 728 Å². The lowest BCUT2D eigenvalue weighted by Gasteiger charge is -2.30. The topological polar surface area (TPSA) is 720 Å². The predicted octanol–water partition coefficient (Wildman–Crippen LogP) is -7.76. The Morgan fingerprint density at radius 3 is 0.865 bits per heavy atom. The van der Waals surface area contributed by atoms with Crippen LogP contribution in [0.5, 0.6) is 5.75 Å². The summed E-state index contributed by atoms with van der Waals surface area (Å²) < 4.78 is 44.2. The van der Waals surface area contributed by atoms with E-state index in [9.17, 15) is 114 Å². The highest BCUT2D eigenvalue weighted by molar-refractivity contribution is 6.01. The van der Waals surface area contributed by atoms with Crippen LogP contribution in [-0.2, 0) is 102 Å². The fourth-order valence-electron chi connectivity index (χ4n) is 11.7. The molecule has 0 saturated heterocycles. The van der Waals surface area contributed by atoms with E-state index in [0.717, 1.165) is 27.7 Å². The van der Waals surface area contributed by atoms with Gasteiger partial charge in [-0.05, 0) is 204 Å². The zero-order valence-electron chi connectivity index (χ0n) is 73.5. The zero-order valence-corrected chi connectivity index (χ0v) is 73.5. The van der Waals surface area contributed by atoms with E-state index in [4.69, 9.17) is 28.7 Å². The van der Waals surface area contributed by atoms with Crippen molar-refractivity contribution in [3.8, 4) is 5.75 Å². The van der Waals surface area contributed by atoms with Crippen LogP contribution in [0.3, 0.4) is 0 Å². The molecule has 18 atom stereocenters. The van der Waals surface area contributed by atoms with Gasteiger partial charge in [-0.3, -0.25) is 95.9 Å². The molecule has 0 unspecified atom stereocenters. The average molecular weight is 1800 g/mol. The number of unbranched alkanes of at least 4 members (excludes halogenated alkanes) is 4. The summed E-state index contributed by atoms with van der Waals surface area (Å²) in [5, 5.41) is 54.4. The number of amides is 20. The molecule has 1 aromatic rings. The van der Waals surface area contributed by atoms with Crippen LogP contribution >= 0.6 is 0 Å². The summed E-state index contributed by atoms with van der Waals surface area (Å²) in [6, 6.07) is -18.6. The van der Waals surface area contributed by atoms with Crippen molar-refractivity contribution in [3.63, 3.8) is 0 Å². The van der Waals surface area contributed by atoms with E-state index in [-0.39, 0.29) is 70.3 Å². The first-order valence-corrected chi connectivity index (χ1v) is 41.6. The number of alkyl halides is 3. The van der Waals surface area contributed by atoms with E-state index in [1.807, 2.05) is 5.32 Å². The second-order valence-electron chi connectivity index (χ2n) is 30.5. The van der Waals surface area contributed by atoms with Gasteiger partial charge < -0.3 is 135 Å². The molecular formula is C78H131F3N24O21. The number of benzene rings is 1. The highest BCUT2D eigenvalue weighted by Crippen LogP contribution is 2.32. The van der Waals surface area contributed by atoms with Crippen molar-refractivity contribution in [1.29, 1.82) is 0 Å². The van der Waals surface area contributed by atoms with E-state index < -0.39 is 252 Å². The summed E-state index contributed by atoms with van der Waals surface area (Å²) in [6.07, 6.45) is -3.03. The summed E-state index contributed by atoms with van der Waals surface area (Å²) >= 11 is 0. The molecule has 0 fully saturated rings. The van der Waals surface area contributed by atoms with Crippen LogP contribution in [0, 0.1) is 5.92 Å². The molecule has 0 bridgehead atoms. The molecule has 0 spiro atoms.